The minimum Gasteiger partial charge on any atom is -0.381 e. The van der Waals surface area contributed by atoms with Crippen molar-refractivity contribution in [2.24, 2.45) is 16.3 Å². The van der Waals surface area contributed by atoms with Crippen LogP contribution in [0.5, 0.6) is 0 Å². The van der Waals surface area contributed by atoms with E-state index in [0.29, 0.717) is 24.3 Å². The third-order valence-corrected chi connectivity index (χ3v) is 5.85. The predicted molar refractivity (Wildman–Crippen MR) is 99.6 cm³/mol. The monoisotopic (exact) mass is 350 g/mol. The van der Waals surface area contributed by atoms with Crippen LogP contribution in [-0.2, 0) is 9.53 Å². The number of rotatable bonds is 4. The van der Waals surface area contributed by atoms with Crippen LogP contribution in [0.3, 0.4) is 0 Å². The number of carbonyl (C=O) groups excluding carboxylic acids is 1. The highest BCUT2D eigenvalue weighted by atomic mass is 16.5. The van der Waals surface area contributed by atoms with Gasteiger partial charge in [0.2, 0.25) is 5.91 Å². The number of hydrogen-bond donors (Lipinski definition) is 1. The molecule has 3 aliphatic heterocycles. The van der Waals surface area contributed by atoms with Gasteiger partial charge in [-0.25, -0.2) is 0 Å². The fourth-order valence-electron chi connectivity index (χ4n) is 4.34. The summed E-state index contributed by atoms with van der Waals surface area (Å²) in [7, 11) is 0. The van der Waals surface area contributed by atoms with Crippen LogP contribution in [0.1, 0.15) is 46.0 Å². The van der Waals surface area contributed by atoms with Gasteiger partial charge in [0, 0.05) is 51.2 Å². The molecule has 1 N–H and O–H groups in total. The van der Waals surface area contributed by atoms with Gasteiger partial charge in [-0.1, -0.05) is 6.92 Å². The Hall–Kier alpha value is -1.30. The molecule has 3 fully saturated rings. The average Bonchev–Trinajstić information content (AvgIpc) is 3.24. The van der Waals surface area contributed by atoms with Crippen LogP contribution < -0.4 is 5.32 Å². The molecule has 3 saturated heterocycles. The summed E-state index contributed by atoms with van der Waals surface area (Å²) in [5.74, 6) is 1.85. The van der Waals surface area contributed by atoms with Crippen molar-refractivity contribution in [3.05, 3.63) is 0 Å². The molecule has 25 heavy (non-hydrogen) atoms. The second-order valence-electron chi connectivity index (χ2n) is 8.05. The minimum absolute atomic E-state index is 0.258. The van der Waals surface area contributed by atoms with Gasteiger partial charge < -0.3 is 19.9 Å². The van der Waals surface area contributed by atoms with Crippen LogP contribution in [-0.4, -0.2) is 74.1 Å². The quantitative estimate of drug-likeness (QED) is 0.619. The highest BCUT2D eigenvalue weighted by Gasteiger charge is 2.42. The third kappa shape index (κ3) is 4.66. The Morgan fingerprint density at radius 1 is 1.32 bits per heavy atom. The molecular formula is C19H34N4O2. The molecule has 2 unspecified atom stereocenters. The van der Waals surface area contributed by atoms with Crippen molar-refractivity contribution in [2.45, 2.75) is 46.0 Å². The van der Waals surface area contributed by atoms with E-state index in [2.05, 4.69) is 24.1 Å². The Morgan fingerprint density at radius 3 is 2.92 bits per heavy atom. The second-order valence-corrected chi connectivity index (χ2v) is 8.05. The number of hydrogen-bond acceptors (Lipinski definition) is 3. The molecule has 1 amide bonds. The van der Waals surface area contributed by atoms with Crippen LogP contribution in [0, 0.1) is 11.3 Å². The average molecular weight is 351 g/mol. The molecule has 0 saturated carbocycles. The topological polar surface area (TPSA) is 57.2 Å². The zero-order chi connectivity index (χ0) is 17.7. The van der Waals surface area contributed by atoms with Gasteiger partial charge in [-0.3, -0.25) is 9.79 Å². The summed E-state index contributed by atoms with van der Waals surface area (Å²) in [5.41, 5.74) is 0.329. The summed E-state index contributed by atoms with van der Waals surface area (Å²) in [6.07, 6.45) is 5.24. The molecule has 0 aromatic rings. The highest BCUT2D eigenvalue weighted by molar-refractivity contribution is 5.81. The lowest BCUT2D eigenvalue weighted by Crippen LogP contribution is -2.42. The predicted octanol–water partition coefficient (Wildman–Crippen LogP) is 1.71. The maximum absolute atomic E-state index is 12.4. The maximum Gasteiger partial charge on any atom is 0.224 e. The lowest BCUT2D eigenvalue weighted by Gasteiger charge is -2.31. The van der Waals surface area contributed by atoms with Gasteiger partial charge in [0.1, 0.15) is 0 Å². The summed E-state index contributed by atoms with van der Waals surface area (Å²) in [4.78, 5) is 21.5. The number of nitrogens with one attached hydrogen (secondary N) is 1. The van der Waals surface area contributed by atoms with E-state index in [4.69, 9.17) is 9.73 Å². The van der Waals surface area contributed by atoms with Gasteiger partial charge in [0.15, 0.2) is 5.96 Å². The first-order chi connectivity index (χ1) is 12.1. The van der Waals surface area contributed by atoms with E-state index in [1.807, 2.05) is 4.90 Å². The molecule has 0 bridgehead atoms. The molecule has 6 nitrogen and oxygen atoms in total. The number of piperidine rings is 1. The molecule has 0 aliphatic carbocycles. The van der Waals surface area contributed by atoms with Crippen LogP contribution in [0.2, 0.25) is 0 Å². The molecule has 3 heterocycles. The van der Waals surface area contributed by atoms with Gasteiger partial charge in [0.05, 0.1) is 13.2 Å². The zero-order valence-corrected chi connectivity index (χ0v) is 15.9. The largest absolute Gasteiger partial charge is 0.381 e. The van der Waals surface area contributed by atoms with Crippen LogP contribution >= 0.6 is 0 Å². The van der Waals surface area contributed by atoms with Gasteiger partial charge in [-0.05, 0) is 38.5 Å². The Bertz CT molecular complexity index is 488. The van der Waals surface area contributed by atoms with Gasteiger partial charge in [-0.15, -0.1) is 0 Å². The fraction of sp³-hybridized carbons (Fsp3) is 0.895. The van der Waals surface area contributed by atoms with E-state index in [1.54, 1.807) is 0 Å². The van der Waals surface area contributed by atoms with E-state index in [-0.39, 0.29) is 5.91 Å². The van der Waals surface area contributed by atoms with Crippen molar-refractivity contribution in [1.82, 2.24) is 15.1 Å². The van der Waals surface area contributed by atoms with Crippen molar-refractivity contribution < 1.29 is 9.53 Å². The van der Waals surface area contributed by atoms with Crippen molar-refractivity contribution in [3.63, 3.8) is 0 Å². The van der Waals surface area contributed by atoms with E-state index >= 15 is 0 Å². The highest BCUT2D eigenvalue weighted by Crippen LogP contribution is 2.38. The van der Waals surface area contributed by atoms with E-state index < -0.39 is 0 Å². The Labute approximate surface area is 152 Å². The number of aliphatic imine (C=N–C) groups is 1. The first-order valence-corrected chi connectivity index (χ1v) is 10.0. The van der Waals surface area contributed by atoms with Crippen molar-refractivity contribution in [3.8, 4) is 0 Å². The number of guanidine groups is 1. The summed E-state index contributed by atoms with van der Waals surface area (Å²) in [5, 5.41) is 3.40. The van der Waals surface area contributed by atoms with Crippen LogP contribution in [0.25, 0.3) is 0 Å². The van der Waals surface area contributed by atoms with E-state index in [0.717, 1.165) is 64.7 Å². The Morgan fingerprint density at radius 2 is 2.20 bits per heavy atom. The molecule has 3 rings (SSSR count). The van der Waals surface area contributed by atoms with Crippen molar-refractivity contribution >= 4 is 11.9 Å². The molecule has 0 aromatic carbocycles. The normalized spacial score (nSPS) is 30.3. The van der Waals surface area contributed by atoms with E-state index in [9.17, 15) is 4.79 Å². The molecule has 6 heteroatoms. The first-order valence-electron chi connectivity index (χ1n) is 10.0. The fourth-order valence-corrected chi connectivity index (χ4v) is 4.34. The van der Waals surface area contributed by atoms with Gasteiger partial charge >= 0.3 is 0 Å². The lowest BCUT2D eigenvalue weighted by atomic mass is 9.87. The maximum atomic E-state index is 12.4. The molecule has 142 valence electrons. The number of amides is 1. The van der Waals surface area contributed by atoms with Crippen LogP contribution in [0.4, 0.5) is 0 Å². The van der Waals surface area contributed by atoms with Crippen molar-refractivity contribution in [1.29, 1.82) is 0 Å². The summed E-state index contributed by atoms with van der Waals surface area (Å²) in [6.45, 7) is 11.4. The van der Waals surface area contributed by atoms with Gasteiger partial charge in [-0.2, -0.15) is 0 Å². The van der Waals surface area contributed by atoms with E-state index in [1.165, 1.54) is 12.8 Å². The second kappa shape index (κ2) is 8.39. The standard InChI is InChI=1S/C19H34N4O2/c1-3-20-18(23-11-7-19(14-23)8-12-25-15-19)21-9-6-17(24)22-10-4-5-16(2)13-22/h16H,3-15H2,1-2H3,(H,20,21). The Balaban J connectivity index is 1.51. The zero-order valence-electron chi connectivity index (χ0n) is 15.9. The minimum atomic E-state index is 0.258. The molecular weight excluding hydrogens is 316 g/mol. The smallest absolute Gasteiger partial charge is 0.224 e. The summed E-state index contributed by atoms with van der Waals surface area (Å²) in [6, 6.07) is 0. The molecule has 3 aliphatic rings. The molecule has 0 aromatic heterocycles. The molecule has 0 radical (unpaired) electrons. The van der Waals surface area contributed by atoms with Gasteiger partial charge in [0.25, 0.3) is 0 Å². The Kier molecular flexibility index (Phi) is 6.20. The van der Waals surface area contributed by atoms with Crippen molar-refractivity contribution in [2.75, 3.05) is 52.5 Å². The number of nitrogens with zero attached hydrogens (tertiary/aromatic N) is 3. The molecule has 1 spiro atoms. The number of ether oxygens (including phenoxy) is 1. The summed E-state index contributed by atoms with van der Waals surface area (Å²) >= 11 is 0. The van der Waals surface area contributed by atoms with Crippen LogP contribution in [0.15, 0.2) is 4.99 Å². The number of carbonyl (C=O) groups is 1. The third-order valence-electron chi connectivity index (χ3n) is 5.85. The first kappa shape index (κ1) is 18.5. The lowest BCUT2D eigenvalue weighted by molar-refractivity contribution is -0.132. The SMILES string of the molecule is CCNC(=NCCC(=O)N1CCCC(C)C1)N1CCC2(CCOC2)C1. The summed E-state index contributed by atoms with van der Waals surface area (Å²) < 4.78 is 5.62. The molecule has 2 atom stereocenters. The number of likely N-dealkylation sites (tertiary alicyclic amines) is 2.